The van der Waals surface area contributed by atoms with Crippen LogP contribution >= 0.6 is 0 Å². The van der Waals surface area contributed by atoms with Gasteiger partial charge in [0.05, 0.1) is 17.3 Å². The summed E-state index contributed by atoms with van der Waals surface area (Å²) in [7, 11) is 0. The summed E-state index contributed by atoms with van der Waals surface area (Å²) in [6.45, 7) is 0. The van der Waals surface area contributed by atoms with E-state index in [1.54, 1.807) is 0 Å². The SMILES string of the molecule is FC(F)(F)c1cc(-c2cnco2)cc(C(F)(F)F)c1. The Balaban J connectivity index is 2.62. The van der Waals surface area contributed by atoms with Crippen LogP contribution in [0.4, 0.5) is 26.3 Å². The third kappa shape index (κ3) is 2.88. The Morgan fingerprint density at radius 2 is 1.37 bits per heavy atom. The quantitative estimate of drug-likeness (QED) is 0.725. The number of benzene rings is 1. The van der Waals surface area contributed by atoms with Crippen LogP contribution in [0, 0.1) is 0 Å². The number of nitrogens with zero attached hydrogens (tertiary/aromatic N) is 1. The van der Waals surface area contributed by atoms with Gasteiger partial charge in [0, 0.05) is 5.56 Å². The van der Waals surface area contributed by atoms with Crippen LogP contribution in [0.5, 0.6) is 0 Å². The summed E-state index contributed by atoms with van der Waals surface area (Å²) in [5.41, 5.74) is -3.12. The number of rotatable bonds is 1. The minimum Gasteiger partial charge on any atom is -0.444 e. The van der Waals surface area contributed by atoms with Crippen molar-refractivity contribution >= 4 is 0 Å². The van der Waals surface area contributed by atoms with E-state index in [2.05, 4.69) is 4.98 Å². The highest BCUT2D eigenvalue weighted by molar-refractivity contribution is 5.59. The van der Waals surface area contributed by atoms with E-state index >= 15 is 0 Å². The molecule has 2 nitrogen and oxygen atoms in total. The van der Waals surface area contributed by atoms with E-state index in [4.69, 9.17) is 4.42 Å². The Hall–Kier alpha value is -1.99. The topological polar surface area (TPSA) is 26.0 Å². The summed E-state index contributed by atoms with van der Waals surface area (Å²) >= 11 is 0. The lowest BCUT2D eigenvalue weighted by atomic mass is 10.0. The third-order valence-corrected chi connectivity index (χ3v) is 2.30. The van der Waals surface area contributed by atoms with E-state index in [0.717, 1.165) is 12.6 Å². The van der Waals surface area contributed by atoms with Crippen molar-refractivity contribution in [3.63, 3.8) is 0 Å². The van der Waals surface area contributed by atoms with Gasteiger partial charge < -0.3 is 4.42 Å². The number of hydrogen-bond donors (Lipinski definition) is 0. The lowest BCUT2D eigenvalue weighted by Gasteiger charge is -2.13. The molecule has 0 N–H and O–H groups in total. The van der Waals surface area contributed by atoms with E-state index in [9.17, 15) is 26.3 Å². The van der Waals surface area contributed by atoms with Crippen LogP contribution < -0.4 is 0 Å². The number of alkyl halides is 6. The molecule has 2 aromatic rings. The second-order valence-corrected chi connectivity index (χ2v) is 3.66. The predicted molar refractivity (Wildman–Crippen MR) is 51.9 cm³/mol. The van der Waals surface area contributed by atoms with Gasteiger partial charge in [-0.1, -0.05) is 0 Å². The third-order valence-electron chi connectivity index (χ3n) is 2.30. The van der Waals surface area contributed by atoms with Crippen molar-refractivity contribution < 1.29 is 30.8 Å². The van der Waals surface area contributed by atoms with Gasteiger partial charge in [-0.15, -0.1) is 0 Å². The van der Waals surface area contributed by atoms with E-state index < -0.39 is 23.5 Å². The summed E-state index contributed by atoms with van der Waals surface area (Å²) in [5, 5.41) is 0. The second-order valence-electron chi connectivity index (χ2n) is 3.66. The average molecular weight is 281 g/mol. The van der Waals surface area contributed by atoms with Gasteiger partial charge in [-0.3, -0.25) is 0 Å². The minimum atomic E-state index is -4.88. The minimum absolute atomic E-state index is 0.0554. The van der Waals surface area contributed by atoms with Gasteiger partial charge in [-0.05, 0) is 18.2 Å². The van der Waals surface area contributed by atoms with Crippen molar-refractivity contribution in [2.75, 3.05) is 0 Å². The first-order valence-electron chi connectivity index (χ1n) is 4.86. The maximum Gasteiger partial charge on any atom is 0.416 e. The Labute approximate surface area is 102 Å². The van der Waals surface area contributed by atoms with Gasteiger partial charge in [0.15, 0.2) is 12.2 Å². The Bertz CT molecular complexity index is 538. The molecule has 0 atom stereocenters. The van der Waals surface area contributed by atoms with Crippen LogP contribution in [0.1, 0.15) is 11.1 Å². The molecule has 0 aliphatic carbocycles. The molecule has 0 bridgehead atoms. The second kappa shape index (κ2) is 4.29. The highest BCUT2D eigenvalue weighted by Gasteiger charge is 2.37. The molecule has 1 aromatic carbocycles. The Morgan fingerprint density at radius 1 is 0.842 bits per heavy atom. The van der Waals surface area contributed by atoms with Crippen molar-refractivity contribution in [1.29, 1.82) is 0 Å². The van der Waals surface area contributed by atoms with Crippen molar-refractivity contribution in [1.82, 2.24) is 4.98 Å². The van der Waals surface area contributed by atoms with E-state index in [-0.39, 0.29) is 17.4 Å². The van der Waals surface area contributed by atoms with Crippen LogP contribution in [-0.4, -0.2) is 4.98 Å². The van der Waals surface area contributed by atoms with E-state index in [0.29, 0.717) is 12.1 Å². The molecule has 0 fully saturated rings. The first-order valence-corrected chi connectivity index (χ1v) is 4.86. The lowest BCUT2D eigenvalue weighted by molar-refractivity contribution is -0.143. The van der Waals surface area contributed by atoms with Crippen molar-refractivity contribution in [3.8, 4) is 11.3 Å². The van der Waals surface area contributed by atoms with Crippen LogP contribution in [0.15, 0.2) is 35.2 Å². The van der Waals surface area contributed by atoms with Crippen molar-refractivity contribution in [2.45, 2.75) is 12.4 Å². The van der Waals surface area contributed by atoms with Crippen LogP contribution in [0.2, 0.25) is 0 Å². The standard InChI is InChI=1S/C11H5F6NO/c12-10(13,14)7-1-6(9-4-18-5-19-9)2-8(3-7)11(15,16)17/h1-5H. The average Bonchev–Trinajstić information content (AvgIpc) is 2.79. The fourth-order valence-electron chi connectivity index (χ4n) is 1.46. The highest BCUT2D eigenvalue weighted by atomic mass is 19.4. The molecule has 0 radical (unpaired) electrons. The summed E-state index contributed by atoms with van der Waals surface area (Å²) in [6, 6.07) is 1.21. The molecule has 2 rings (SSSR count). The first kappa shape index (κ1) is 13.4. The molecule has 8 heteroatoms. The van der Waals surface area contributed by atoms with Crippen LogP contribution in [0.3, 0.4) is 0 Å². The van der Waals surface area contributed by atoms with Gasteiger partial charge in [0.2, 0.25) is 0 Å². The molecule has 1 aromatic heterocycles. The zero-order chi connectivity index (χ0) is 14.3. The van der Waals surface area contributed by atoms with Crippen LogP contribution in [-0.2, 0) is 12.4 Å². The Morgan fingerprint density at radius 3 is 1.74 bits per heavy atom. The smallest absolute Gasteiger partial charge is 0.416 e. The van der Waals surface area contributed by atoms with Gasteiger partial charge >= 0.3 is 12.4 Å². The van der Waals surface area contributed by atoms with Crippen LogP contribution in [0.25, 0.3) is 11.3 Å². The van der Waals surface area contributed by atoms with E-state index in [1.807, 2.05) is 0 Å². The summed E-state index contributed by atoms with van der Waals surface area (Å²) in [6.07, 6.45) is -7.80. The highest BCUT2D eigenvalue weighted by Crippen LogP contribution is 2.38. The molecule has 1 heterocycles. The van der Waals surface area contributed by atoms with Gasteiger partial charge in [-0.25, -0.2) is 4.98 Å². The Kier molecular flexibility index (Phi) is 3.03. The molecule has 0 saturated carbocycles. The molecule has 0 aliphatic heterocycles. The molecule has 0 spiro atoms. The summed E-state index contributed by atoms with van der Waals surface area (Å²) in [4.78, 5) is 3.45. The molecule has 0 saturated heterocycles. The fourth-order valence-corrected chi connectivity index (χ4v) is 1.46. The summed E-state index contributed by atoms with van der Waals surface area (Å²) < 4.78 is 80.1. The molecular formula is C11H5F6NO. The predicted octanol–water partition coefficient (Wildman–Crippen LogP) is 4.38. The summed E-state index contributed by atoms with van der Waals surface area (Å²) in [5.74, 6) is -0.170. The first-order chi connectivity index (χ1) is 8.68. The largest absolute Gasteiger partial charge is 0.444 e. The van der Waals surface area contributed by atoms with E-state index in [1.165, 1.54) is 0 Å². The molecule has 0 aliphatic rings. The molecular weight excluding hydrogens is 276 g/mol. The maximum atomic E-state index is 12.6. The zero-order valence-corrected chi connectivity index (χ0v) is 9.01. The monoisotopic (exact) mass is 281 g/mol. The zero-order valence-electron chi connectivity index (χ0n) is 9.01. The van der Waals surface area contributed by atoms with Gasteiger partial charge in [-0.2, -0.15) is 26.3 Å². The number of aromatic nitrogens is 1. The maximum absolute atomic E-state index is 12.6. The van der Waals surface area contributed by atoms with Gasteiger partial charge in [0.1, 0.15) is 0 Å². The molecule has 0 amide bonds. The van der Waals surface area contributed by atoms with Gasteiger partial charge in [0.25, 0.3) is 0 Å². The fraction of sp³-hybridized carbons (Fsp3) is 0.182. The number of oxazole rings is 1. The van der Waals surface area contributed by atoms with Crippen molar-refractivity contribution in [3.05, 3.63) is 41.9 Å². The molecule has 19 heavy (non-hydrogen) atoms. The normalized spacial score (nSPS) is 12.7. The molecule has 0 unspecified atom stereocenters. The number of hydrogen-bond acceptors (Lipinski definition) is 2. The molecule has 102 valence electrons. The van der Waals surface area contributed by atoms with Crippen molar-refractivity contribution in [2.24, 2.45) is 0 Å². The lowest BCUT2D eigenvalue weighted by Crippen LogP contribution is -2.11. The number of halogens is 6.